The zero-order chi connectivity index (χ0) is 28.7. The molecular formula is C31H29N7O3. The lowest BCUT2D eigenvalue weighted by Gasteiger charge is -2.42. The number of aromatic nitrogens is 5. The van der Waals surface area contributed by atoms with E-state index in [9.17, 15) is 14.7 Å². The lowest BCUT2D eigenvalue weighted by atomic mass is 9.74. The number of hydrogen-bond acceptors (Lipinski definition) is 7. The third-order valence-corrected chi connectivity index (χ3v) is 7.69. The van der Waals surface area contributed by atoms with Gasteiger partial charge in [0, 0.05) is 24.8 Å². The smallest absolute Gasteiger partial charge is 0.307 e. The van der Waals surface area contributed by atoms with E-state index in [2.05, 4.69) is 9.97 Å². The highest BCUT2D eigenvalue weighted by Crippen LogP contribution is 2.36. The number of imidazole rings is 1. The van der Waals surface area contributed by atoms with Gasteiger partial charge in [0.25, 0.3) is 5.91 Å². The van der Waals surface area contributed by atoms with Crippen molar-refractivity contribution < 1.29 is 14.7 Å². The summed E-state index contributed by atoms with van der Waals surface area (Å²) in [6, 6.07) is 20.9. The van der Waals surface area contributed by atoms with Crippen LogP contribution in [0.25, 0.3) is 39.5 Å². The fourth-order valence-corrected chi connectivity index (χ4v) is 5.55. The van der Waals surface area contributed by atoms with E-state index in [4.69, 9.17) is 15.7 Å². The molecule has 0 aliphatic carbocycles. The summed E-state index contributed by atoms with van der Waals surface area (Å²) in [6.07, 6.45) is 3.65. The number of anilines is 1. The number of nitrogen functional groups attached to an aromatic ring is 1. The van der Waals surface area contributed by atoms with Crippen LogP contribution in [-0.4, -0.2) is 59.5 Å². The zero-order valence-corrected chi connectivity index (χ0v) is 22.7. The average Bonchev–Trinajstić information content (AvgIpc) is 3.35. The number of nitrogens with two attached hydrogens (primary N) is 1. The Hall–Kier alpha value is -5.12. The highest BCUT2D eigenvalue weighted by Gasteiger charge is 2.41. The maximum absolute atomic E-state index is 13.4. The van der Waals surface area contributed by atoms with Crippen LogP contribution in [0.3, 0.4) is 0 Å². The lowest BCUT2D eigenvalue weighted by molar-refractivity contribution is -0.148. The molecule has 0 radical (unpaired) electrons. The molecule has 10 nitrogen and oxygen atoms in total. The van der Waals surface area contributed by atoms with Crippen molar-refractivity contribution in [2.75, 3.05) is 18.8 Å². The summed E-state index contributed by atoms with van der Waals surface area (Å²) in [4.78, 5) is 45.3. The Morgan fingerprint density at radius 1 is 0.976 bits per heavy atom. The molecule has 1 unspecified atom stereocenters. The van der Waals surface area contributed by atoms with Gasteiger partial charge >= 0.3 is 5.97 Å². The third kappa shape index (κ3) is 4.77. The van der Waals surface area contributed by atoms with E-state index in [1.807, 2.05) is 73.0 Å². The van der Waals surface area contributed by atoms with E-state index in [1.165, 1.54) is 0 Å². The fraction of sp³-hybridized carbons (Fsp3) is 0.226. The van der Waals surface area contributed by atoms with Crippen LogP contribution in [0, 0.1) is 11.3 Å². The van der Waals surface area contributed by atoms with Crippen LogP contribution in [0.5, 0.6) is 0 Å². The van der Waals surface area contributed by atoms with Crippen molar-refractivity contribution in [2.24, 2.45) is 11.3 Å². The first kappa shape index (κ1) is 26.1. The molecule has 0 bridgehead atoms. The molecule has 4 aromatic heterocycles. The van der Waals surface area contributed by atoms with Gasteiger partial charge in [-0.3, -0.25) is 14.2 Å². The average molecular weight is 548 g/mol. The number of carbonyl (C=O) groups excluding carboxylic acids is 1. The van der Waals surface area contributed by atoms with Crippen LogP contribution in [0.2, 0.25) is 0 Å². The number of amides is 1. The largest absolute Gasteiger partial charge is 0.481 e. The number of rotatable bonds is 5. The van der Waals surface area contributed by atoms with Crippen molar-refractivity contribution in [1.82, 2.24) is 29.4 Å². The molecule has 3 N–H and O–H groups in total. The minimum absolute atomic E-state index is 0.231. The second-order valence-corrected chi connectivity index (χ2v) is 10.9. The molecule has 5 heterocycles. The maximum Gasteiger partial charge on any atom is 0.307 e. The van der Waals surface area contributed by atoms with E-state index in [-0.39, 0.29) is 11.6 Å². The molecule has 1 aliphatic rings. The molecule has 206 valence electrons. The number of carboxylic acids is 1. The van der Waals surface area contributed by atoms with E-state index >= 15 is 0 Å². The van der Waals surface area contributed by atoms with Gasteiger partial charge in [-0.15, -0.1) is 0 Å². The molecule has 41 heavy (non-hydrogen) atoms. The number of piperidine rings is 1. The summed E-state index contributed by atoms with van der Waals surface area (Å²) in [5.41, 5.74) is 10.3. The first-order valence-corrected chi connectivity index (χ1v) is 13.4. The molecule has 0 spiro atoms. The van der Waals surface area contributed by atoms with Gasteiger partial charge < -0.3 is 15.7 Å². The Morgan fingerprint density at radius 2 is 1.78 bits per heavy atom. The number of aliphatic carboxylic acids is 1. The first-order chi connectivity index (χ1) is 19.7. The summed E-state index contributed by atoms with van der Waals surface area (Å²) in [5, 5.41) is 9.58. The number of carboxylic acid groups (broad SMARTS) is 1. The predicted molar refractivity (Wildman–Crippen MR) is 155 cm³/mol. The highest BCUT2D eigenvalue weighted by molar-refractivity contribution is 5.93. The Bertz CT molecular complexity index is 1760. The van der Waals surface area contributed by atoms with Crippen molar-refractivity contribution in [3.8, 4) is 28.3 Å². The Balaban J connectivity index is 1.40. The molecular weight excluding hydrogens is 518 g/mol. The first-order valence-electron chi connectivity index (χ1n) is 13.4. The molecule has 1 atom stereocenters. The van der Waals surface area contributed by atoms with Crippen molar-refractivity contribution in [1.29, 1.82) is 0 Å². The zero-order valence-electron chi connectivity index (χ0n) is 22.7. The van der Waals surface area contributed by atoms with Gasteiger partial charge in [0.2, 0.25) is 0 Å². The van der Waals surface area contributed by atoms with E-state index in [0.29, 0.717) is 53.6 Å². The number of benzene rings is 1. The van der Waals surface area contributed by atoms with Gasteiger partial charge in [0.1, 0.15) is 17.0 Å². The van der Waals surface area contributed by atoms with Crippen LogP contribution < -0.4 is 5.73 Å². The Kier molecular flexibility index (Phi) is 6.45. The van der Waals surface area contributed by atoms with Crippen molar-refractivity contribution in [2.45, 2.75) is 20.3 Å². The molecule has 1 fully saturated rings. The number of pyridine rings is 3. The maximum atomic E-state index is 13.4. The fourth-order valence-electron chi connectivity index (χ4n) is 5.55. The minimum Gasteiger partial charge on any atom is -0.481 e. The Labute approximate surface area is 236 Å². The molecule has 1 amide bonds. The molecule has 1 aliphatic heterocycles. The van der Waals surface area contributed by atoms with Gasteiger partial charge in [-0.05, 0) is 48.2 Å². The summed E-state index contributed by atoms with van der Waals surface area (Å²) in [7, 11) is 0. The van der Waals surface area contributed by atoms with Crippen LogP contribution in [0.15, 0.2) is 79.1 Å². The number of hydrogen-bond donors (Lipinski definition) is 2. The van der Waals surface area contributed by atoms with Crippen molar-refractivity contribution >= 4 is 28.9 Å². The van der Waals surface area contributed by atoms with Gasteiger partial charge in [-0.1, -0.05) is 44.2 Å². The van der Waals surface area contributed by atoms with E-state index < -0.39 is 17.3 Å². The molecule has 0 saturated carbocycles. The quantitative estimate of drug-likeness (QED) is 0.323. The molecule has 5 aromatic rings. The SMILES string of the molecule is CC1(C)CN(C(=O)c2ccc(-n3c(-c4cccnc4N)nc4ccc(-c5ccccc5)nc43)cn2)CCC1C(=O)O. The molecule has 6 rings (SSSR count). The van der Waals surface area contributed by atoms with E-state index in [1.54, 1.807) is 29.4 Å². The van der Waals surface area contributed by atoms with Crippen molar-refractivity contribution in [3.05, 3.63) is 84.8 Å². The number of fused-ring (bicyclic) bond motifs is 1. The summed E-state index contributed by atoms with van der Waals surface area (Å²) in [6.45, 7) is 4.48. The Morgan fingerprint density at radius 3 is 2.46 bits per heavy atom. The number of carbonyl (C=O) groups is 2. The van der Waals surface area contributed by atoms with Crippen LogP contribution in [0.4, 0.5) is 5.82 Å². The topological polar surface area (TPSA) is 140 Å². The van der Waals surface area contributed by atoms with Crippen LogP contribution in [0.1, 0.15) is 30.8 Å². The standard InChI is InChI=1S/C31H29N7O3/c1-31(2)18-37(16-14-22(31)30(40)41)29(39)25-11-10-20(17-34-25)38-27(21-9-6-15-33-26(21)32)36-24-13-12-23(35-28(24)38)19-7-4-3-5-8-19/h3-13,15,17,22H,14,16,18H2,1-2H3,(H2,32,33)(H,40,41). The highest BCUT2D eigenvalue weighted by atomic mass is 16.4. The van der Waals surface area contributed by atoms with Gasteiger partial charge in [0.15, 0.2) is 11.5 Å². The summed E-state index contributed by atoms with van der Waals surface area (Å²) >= 11 is 0. The third-order valence-electron chi connectivity index (χ3n) is 7.69. The number of nitrogens with zero attached hydrogens (tertiary/aromatic N) is 6. The molecule has 10 heteroatoms. The molecule has 1 saturated heterocycles. The van der Waals surface area contributed by atoms with Crippen LogP contribution in [-0.2, 0) is 4.79 Å². The second kappa shape index (κ2) is 10.1. The summed E-state index contributed by atoms with van der Waals surface area (Å²) in [5.74, 6) is -0.666. The monoisotopic (exact) mass is 547 g/mol. The normalized spacial score (nSPS) is 16.5. The lowest BCUT2D eigenvalue weighted by Crippen LogP contribution is -2.50. The predicted octanol–water partition coefficient (Wildman–Crippen LogP) is 4.70. The summed E-state index contributed by atoms with van der Waals surface area (Å²) < 4.78 is 1.87. The van der Waals surface area contributed by atoms with Crippen LogP contribution >= 0.6 is 0 Å². The molecule has 1 aromatic carbocycles. The van der Waals surface area contributed by atoms with E-state index in [0.717, 1.165) is 11.3 Å². The van der Waals surface area contributed by atoms with Gasteiger partial charge in [-0.25, -0.2) is 19.9 Å². The number of likely N-dealkylation sites (tertiary alicyclic amines) is 1. The minimum atomic E-state index is -0.828. The van der Waals surface area contributed by atoms with Gasteiger partial charge in [0.05, 0.1) is 29.1 Å². The second-order valence-electron chi connectivity index (χ2n) is 10.9. The van der Waals surface area contributed by atoms with Crippen molar-refractivity contribution in [3.63, 3.8) is 0 Å². The van der Waals surface area contributed by atoms with Gasteiger partial charge in [-0.2, -0.15) is 0 Å².